The highest BCUT2D eigenvalue weighted by atomic mass is 79.9. The highest BCUT2D eigenvalue weighted by Crippen LogP contribution is 2.37. The average molecular weight is 442 g/mol. The molecule has 3 aliphatic heterocycles. The Kier molecular flexibility index (Phi) is 3.82. The van der Waals surface area contributed by atoms with Gasteiger partial charge in [0.2, 0.25) is 0 Å². The Bertz CT molecular complexity index is 1020. The van der Waals surface area contributed by atoms with Crippen molar-refractivity contribution in [1.82, 2.24) is 24.5 Å². The zero-order valence-electron chi connectivity index (χ0n) is 15.2. The van der Waals surface area contributed by atoms with E-state index >= 15 is 0 Å². The number of fused-ring (bicyclic) bond motifs is 3. The van der Waals surface area contributed by atoms with Crippen molar-refractivity contribution in [1.29, 1.82) is 0 Å². The molecular formula is C19H20BrN7O. The lowest BCUT2D eigenvalue weighted by atomic mass is 10.1. The van der Waals surface area contributed by atoms with Gasteiger partial charge in [0, 0.05) is 36.5 Å². The van der Waals surface area contributed by atoms with Crippen molar-refractivity contribution >= 4 is 38.8 Å². The monoisotopic (exact) mass is 441 g/mol. The molecule has 3 fully saturated rings. The maximum atomic E-state index is 5.38. The molecule has 8 nitrogen and oxygen atoms in total. The van der Waals surface area contributed by atoms with Gasteiger partial charge >= 0.3 is 0 Å². The zero-order valence-corrected chi connectivity index (χ0v) is 16.8. The van der Waals surface area contributed by atoms with Gasteiger partial charge < -0.3 is 15.0 Å². The Morgan fingerprint density at radius 1 is 1.07 bits per heavy atom. The molecule has 28 heavy (non-hydrogen) atoms. The number of nitrogens with one attached hydrogen (secondary N) is 1. The van der Waals surface area contributed by atoms with Gasteiger partial charge in [-0.3, -0.25) is 4.90 Å². The number of likely N-dealkylation sites (tertiary alicyclic amines) is 1. The van der Waals surface area contributed by atoms with E-state index in [0.717, 1.165) is 32.0 Å². The van der Waals surface area contributed by atoms with E-state index in [2.05, 4.69) is 70.4 Å². The third-order valence-corrected chi connectivity index (χ3v) is 6.45. The fourth-order valence-electron chi connectivity index (χ4n) is 4.63. The second-order valence-electron chi connectivity index (χ2n) is 7.70. The highest BCUT2D eigenvalue weighted by Gasteiger charge is 2.47. The normalized spacial score (nSPS) is 24.8. The molecule has 0 radical (unpaired) electrons. The van der Waals surface area contributed by atoms with Crippen LogP contribution in [0.1, 0.15) is 6.42 Å². The van der Waals surface area contributed by atoms with Crippen LogP contribution in [0.2, 0.25) is 0 Å². The van der Waals surface area contributed by atoms with E-state index in [0.29, 0.717) is 34.2 Å². The van der Waals surface area contributed by atoms with Crippen LogP contribution in [0.4, 0.5) is 17.2 Å². The van der Waals surface area contributed by atoms with Crippen LogP contribution >= 0.6 is 15.9 Å². The Morgan fingerprint density at radius 3 is 2.64 bits per heavy atom. The van der Waals surface area contributed by atoms with Gasteiger partial charge in [-0.15, -0.1) is 0 Å². The molecule has 2 atom stereocenters. The van der Waals surface area contributed by atoms with Crippen molar-refractivity contribution in [2.24, 2.45) is 0 Å². The zero-order chi connectivity index (χ0) is 18.7. The summed E-state index contributed by atoms with van der Waals surface area (Å²) in [5.41, 5.74) is 2.97. The molecule has 0 spiro atoms. The van der Waals surface area contributed by atoms with E-state index in [1.807, 2.05) is 0 Å². The number of hydrogen-bond donors (Lipinski definition) is 1. The molecule has 2 aromatic heterocycles. The molecule has 1 N–H and O–H groups in total. The van der Waals surface area contributed by atoms with E-state index in [1.54, 1.807) is 10.7 Å². The molecule has 5 heterocycles. The molecule has 3 aliphatic rings. The molecule has 144 valence electrons. The van der Waals surface area contributed by atoms with Gasteiger partial charge in [0.25, 0.3) is 0 Å². The Morgan fingerprint density at radius 2 is 1.93 bits per heavy atom. The minimum absolute atomic E-state index is 0.617. The molecule has 9 heteroatoms. The van der Waals surface area contributed by atoms with Gasteiger partial charge in [-0.2, -0.15) is 5.10 Å². The van der Waals surface area contributed by atoms with Gasteiger partial charge in [0.15, 0.2) is 11.5 Å². The maximum absolute atomic E-state index is 5.38. The van der Waals surface area contributed by atoms with E-state index in [1.165, 1.54) is 18.4 Å². The molecule has 2 bridgehead atoms. The number of halogens is 1. The van der Waals surface area contributed by atoms with Crippen molar-refractivity contribution in [3.8, 4) is 0 Å². The number of hydrogen-bond acceptors (Lipinski definition) is 7. The summed E-state index contributed by atoms with van der Waals surface area (Å²) in [6.45, 7) is 4.09. The summed E-state index contributed by atoms with van der Waals surface area (Å²) in [4.78, 5) is 14.0. The first-order chi connectivity index (χ1) is 13.7. The first kappa shape index (κ1) is 16.7. The van der Waals surface area contributed by atoms with Crippen molar-refractivity contribution in [3.05, 3.63) is 41.4 Å². The molecule has 0 saturated carbocycles. The number of piperazine rings is 1. The van der Waals surface area contributed by atoms with Crippen LogP contribution in [0.25, 0.3) is 5.65 Å². The maximum Gasteiger partial charge on any atom is 0.198 e. The SMILES string of the molecule is Brc1cn2ncnc2c(Nc2ccc(N3CC4CC3CN4C3COC3)cc2)n1. The predicted octanol–water partition coefficient (Wildman–Crippen LogP) is 2.29. The van der Waals surface area contributed by atoms with E-state index in [-0.39, 0.29) is 0 Å². The van der Waals surface area contributed by atoms with Crippen molar-refractivity contribution in [2.75, 3.05) is 36.5 Å². The Hall–Kier alpha value is -2.23. The first-order valence-electron chi connectivity index (χ1n) is 9.58. The standard InChI is InChI=1S/C19H20BrN7O/c20-17-8-27-19(21-11-22-27)18(24-17)23-12-1-3-13(4-2-12)25-6-15-5-14(25)7-26(15)16-9-28-10-16/h1-4,8,11,14-16H,5-7,9-10H2,(H,23,24). The second-order valence-corrected chi connectivity index (χ2v) is 8.51. The van der Waals surface area contributed by atoms with Crippen LogP contribution in [0.15, 0.2) is 41.4 Å². The molecular weight excluding hydrogens is 422 g/mol. The van der Waals surface area contributed by atoms with E-state index < -0.39 is 0 Å². The number of benzene rings is 1. The van der Waals surface area contributed by atoms with Gasteiger partial charge in [0.1, 0.15) is 10.9 Å². The summed E-state index contributed by atoms with van der Waals surface area (Å²) in [6.07, 6.45) is 4.58. The van der Waals surface area contributed by atoms with E-state index in [4.69, 9.17) is 4.74 Å². The summed E-state index contributed by atoms with van der Waals surface area (Å²) in [5.74, 6) is 0.679. The lowest BCUT2D eigenvalue weighted by Crippen LogP contribution is -2.56. The number of aromatic nitrogens is 4. The van der Waals surface area contributed by atoms with Crippen LogP contribution in [-0.4, -0.2) is 68.9 Å². The summed E-state index contributed by atoms with van der Waals surface area (Å²) in [6, 6.07) is 10.5. The molecule has 1 aromatic carbocycles. The molecule has 0 amide bonds. The Balaban J connectivity index is 1.18. The van der Waals surface area contributed by atoms with Gasteiger partial charge in [0.05, 0.1) is 25.5 Å². The fraction of sp³-hybridized carbons (Fsp3) is 0.421. The molecule has 0 aliphatic carbocycles. The quantitative estimate of drug-likeness (QED) is 0.665. The van der Waals surface area contributed by atoms with Gasteiger partial charge in [-0.05, 0) is 46.6 Å². The van der Waals surface area contributed by atoms with Crippen molar-refractivity contribution < 1.29 is 4.74 Å². The summed E-state index contributed by atoms with van der Waals surface area (Å²) in [7, 11) is 0. The van der Waals surface area contributed by atoms with Crippen LogP contribution in [0.5, 0.6) is 0 Å². The third kappa shape index (κ3) is 2.68. The van der Waals surface area contributed by atoms with Crippen LogP contribution < -0.4 is 10.2 Å². The van der Waals surface area contributed by atoms with Gasteiger partial charge in [-0.25, -0.2) is 14.5 Å². The number of nitrogens with zero attached hydrogens (tertiary/aromatic N) is 6. The van der Waals surface area contributed by atoms with E-state index in [9.17, 15) is 0 Å². The molecule has 6 rings (SSSR count). The minimum Gasteiger partial charge on any atom is -0.378 e. The number of ether oxygens (including phenoxy) is 1. The lowest BCUT2D eigenvalue weighted by Gasteiger charge is -2.43. The van der Waals surface area contributed by atoms with Crippen molar-refractivity contribution in [2.45, 2.75) is 24.5 Å². The highest BCUT2D eigenvalue weighted by molar-refractivity contribution is 9.10. The smallest absolute Gasteiger partial charge is 0.198 e. The third-order valence-electron chi connectivity index (χ3n) is 6.07. The first-order valence-corrected chi connectivity index (χ1v) is 10.4. The topological polar surface area (TPSA) is 70.8 Å². The lowest BCUT2D eigenvalue weighted by molar-refractivity contribution is -0.0708. The van der Waals surface area contributed by atoms with Crippen LogP contribution in [0, 0.1) is 0 Å². The van der Waals surface area contributed by atoms with Crippen LogP contribution in [0.3, 0.4) is 0 Å². The second kappa shape index (κ2) is 6.40. The van der Waals surface area contributed by atoms with Crippen LogP contribution in [-0.2, 0) is 4.74 Å². The molecule has 3 aromatic rings. The largest absolute Gasteiger partial charge is 0.378 e. The minimum atomic E-state index is 0.617. The van der Waals surface area contributed by atoms with Crippen molar-refractivity contribution in [3.63, 3.8) is 0 Å². The summed E-state index contributed by atoms with van der Waals surface area (Å²) >= 11 is 3.42. The Labute approximate surface area is 170 Å². The number of rotatable bonds is 4. The summed E-state index contributed by atoms with van der Waals surface area (Å²) < 4.78 is 7.79. The number of anilines is 3. The fourth-order valence-corrected chi connectivity index (χ4v) is 5.00. The van der Waals surface area contributed by atoms with Gasteiger partial charge in [-0.1, -0.05) is 0 Å². The average Bonchev–Trinajstić information content (AvgIpc) is 3.36. The molecule has 2 unspecified atom stereocenters. The predicted molar refractivity (Wildman–Crippen MR) is 109 cm³/mol. The molecule has 3 saturated heterocycles. The summed E-state index contributed by atoms with van der Waals surface area (Å²) in [5, 5.41) is 7.53.